The molecule has 5 aliphatic carbocycles. The molecule has 0 aromatic heterocycles. The first-order valence-electron chi connectivity index (χ1n) is 20.7. The van der Waals surface area contributed by atoms with E-state index < -0.39 is 0 Å². The molecule has 1 aliphatic heterocycles. The van der Waals surface area contributed by atoms with Crippen molar-refractivity contribution in [3.05, 3.63) is 65.2 Å². The molecule has 6 aliphatic rings. The fourth-order valence-electron chi connectivity index (χ4n) is 14.4. The topological polar surface area (TPSA) is 26.3 Å². The van der Waals surface area contributed by atoms with E-state index in [1.807, 2.05) is 0 Å². The van der Waals surface area contributed by atoms with Gasteiger partial charge in [0.05, 0.1) is 12.7 Å². The first-order chi connectivity index (χ1) is 23.7. The Labute approximate surface area is 304 Å². The van der Waals surface area contributed by atoms with Gasteiger partial charge in [-0.15, -0.1) is 0 Å². The molecule has 8 rings (SSSR count). The Morgan fingerprint density at radius 3 is 2.12 bits per heavy atom. The number of benzene rings is 2. The number of ketones is 1. The minimum Gasteiger partial charge on any atom is -0.377 e. The number of carbonyl (C=O) groups is 1. The average Bonchev–Trinajstić information content (AvgIpc) is 3.42. The van der Waals surface area contributed by atoms with Crippen LogP contribution >= 0.6 is 0 Å². The summed E-state index contributed by atoms with van der Waals surface area (Å²) in [5, 5.41) is 0. The summed E-state index contributed by atoms with van der Waals surface area (Å²) >= 11 is 0. The van der Waals surface area contributed by atoms with Gasteiger partial charge in [-0.3, -0.25) is 4.79 Å². The summed E-state index contributed by atoms with van der Waals surface area (Å²) in [5.74, 6) is 2.95. The van der Waals surface area contributed by atoms with Crippen molar-refractivity contribution in [3.8, 4) is 11.1 Å². The Hall–Kier alpha value is -2.19. The molecular formula is C48H66O2. The lowest BCUT2D eigenvalue weighted by molar-refractivity contribution is -0.236. The number of unbranched alkanes of at least 4 members (excludes halogenated alkanes) is 2. The van der Waals surface area contributed by atoms with E-state index in [1.54, 1.807) is 0 Å². The highest BCUT2D eigenvalue weighted by Crippen LogP contribution is 2.78. The molecular weight excluding hydrogens is 609 g/mol. The molecule has 0 N–H and O–H groups in total. The van der Waals surface area contributed by atoms with Gasteiger partial charge in [0.1, 0.15) is 0 Å². The number of hydrogen-bond donors (Lipinski definition) is 0. The summed E-state index contributed by atoms with van der Waals surface area (Å²) in [6.07, 6.45) is 19.1. The molecule has 1 heterocycles. The highest BCUT2D eigenvalue weighted by atomic mass is 16.5. The predicted octanol–water partition coefficient (Wildman–Crippen LogP) is 12.5. The summed E-state index contributed by atoms with van der Waals surface area (Å²) in [5.41, 5.74) is 7.29. The van der Waals surface area contributed by atoms with E-state index in [4.69, 9.17) is 4.74 Å². The van der Waals surface area contributed by atoms with Crippen LogP contribution in [0.3, 0.4) is 0 Å². The van der Waals surface area contributed by atoms with Crippen molar-refractivity contribution in [3.63, 3.8) is 0 Å². The zero-order valence-corrected chi connectivity index (χ0v) is 32.8. The van der Waals surface area contributed by atoms with Crippen LogP contribution in [-0.4, -0.2) is 18.5 Å². The second-order valence-electron chi connectivity index (χ2n) is 20.4. The predicted molar refractivity (Wildman–Crippen MR) is 208 cm³/mol. The summed E-state index contributed by atoms with van der Waals surface area (Å²) in [6, 6.07) is 18.1. The van der Waals surface area contributed by atoms with Crippen molar-refractivity contribution in [2.75, 3.05) is 6.61 Å². The van der Waals surface area contributed by atoms with Crippen LogP contribution in [0.1, 0.15) is 144 Å². The highest BCUT2D eigenvalue weighted by Gasteiger charge is 2.73. The number of fused-ring (bicyclic) bond motifs is 5. The SMILES string of the molecule is CCCCCc1ccc(-c2ccc(/C=C3\C[C@]4(C)C(CC[C@@]5(C)C4CCC4C6[C@@H]7OC[C@]6(CCC7(C)C)CC[C@@]45C)C(C)(C)C3=O)cc2)cc1. The highest BCUT2D eigenvalue weighted by molar-refractivity contribution is 6.04. The number of ether oxygens (including phenoxy) is 1. The van der Waals surface area contributed by atoms with E-state index in [1.165, 1.54) is 93.7 Å². The van der Waals surface area contributed by atoms with E-state index in [9.17, 15) is 4.79 Å². The maximum atomic E-state index is 14.4. The zero-order chi connectivity index (χ0) is 35.3. The monoisotopic (exact) mass is 675 g/mol. The first-order valence-corrected chi connectivity index (χ1v) is 20.7. The van der Waals surface area contributed by atoms with Crippen LogP contribution < -0.4 is 0 Å². The molecule has 50 heavy (non-hydrogen) atoms. The largest absolute Gasteiger partial charge is 0.377 e. The van der Waals surface area contributed by atoms with Gasteiger partial charge in [0.2, 0.25) is 0 Å². The van der Waals surface area contributed by atoms with Gasteiger partial charge in [0.25, 0.3) is 0 Å². The Bertz CT molecular complexity index is 1640. The summed E-state index contributed by atoms with van der Waals surface area (Å²) in [7, 11) is 0. The minimum absolute atomic E-state index is 0.124. The first kappa shape index (κ1) is 34.9. The summed E-state index contributed by atoms with van der Waals surface area (Å²) < 4.78 is 6.82. The smallest absolute Gasteiger partial charge is 0.164 e. The normalized spacial score (nSPS) is 42.0. The van der Waals surface area contributed by atoms with Gasteiger partial charge < -0.3 is 4.74 Å². The Balaban J connectivity index is 1.07. The number of hydrogen-bond acceptors (Lipinski definition) is 2. The maximum Gasteiger partial charge on any atom is 0.164 e. The number of Topliss-reactive ketones (excluding diaryl/α,β-unsaturated/α-hetero) is 1. The molecule has 2 bridgehead atoms. The third-order valence-electron chi connectivity index (χ3n) is 17.3. The van der Waals surface area contributed by atoms with Crippen molar-refractivity contribution in [1.29, 1.82) is 0 Å². The van der Waals surface area contributed by atoms with Crippen molar-refractivity contribution in [2.45, 2.75) is 145 Å². The number of aryl methyl sites for hydroxylation is 1. The quantitative estimate of drug-likeness (QED) is 0.225. The lowest BCUT2D eigenvalue weighted by atomic mass is 9.31. The van der Waals surface area contributed by atoms with Crippen LogP contribution in [-0.2, 0) is 16.0 Å². The van der Waals surface area contributed by atoms with Gasteiger partial charge in [-0.05, 0) is 155 Å². The van der Waals surface area contributed by atoms with Gasteiger partial charge in [-0.1, -0.05) is 117 Å². The van der Waals surface area contributed by atoms with Gasteiger partial charge in [-0.2, -0.15) is 0 Å². The van der Waals surface area contributed by atoms with Crippen LogP contribution in [0, 0.1) is 56.2 Å². The van der Waals surface area contributed by atoms with Crippen LogP contribution in [0.4, 0.5) is 0 Å². The van der Waals surface area contributed by atoms with E-state index in [0.717, 1.165) is 36.0 Å². The van der Waals surface area contributed by atoms with Gasteiger partial charge in [-0.25, -0.2) is 0 Å². The molecule has 0 spiro atoms. The Morgan fingerprint density at radius 2 is 1.42 bits per heavy atom. The molecule has 2 heteroatoms. The van der Waals surface area contributed by atoms with Gasteiger partial charge >= 0.3 is 0 Å². The van der Waals surface area contributed by atoms with E-state index >= 15 is 0 Å². The Kier molecular flexibility index (Phi) is 8.31. The summed E-state index contributed by atoms with van der Waals surface area (Å²) in [4.78, 5) is 14.4. The van der Waals surface area contributed by atoms with Crippen LogP contribution in [0.25, 0.3) is 17.2 Å². The van der Waals surface area contributed by atoms with Gasteiger partial charge in [0.15, 0.2) is 5.78 Å². The third kappa shape index (κ3) is 4.99. The molecule has 4 unspecified atom stereocenters. The van der Waals surface area contributed by atoms with Crippen LogP contribution in [0.15, 0.2) is 54.1 Å². The van der Waals surface area contributed by atoms with E-state index in [-0.39, 0.29) is 16.2 Å². The van der Waals surface area contributed by atoms with Crippen molar-refractivity contribution >= 4 is 11.9 Å². The van der Waals surface area contributed by atoms with Crippen molar-refractivity contribution in [2.24, 2.45) is 56.2 Å². The number of carbonyl (C=O) groups excluding carboxylic acids is 1. The number of rotatable bonds is 6. The Morgan fingerprint density at radius 1 is 0.740 bits per heavy atom. The lowest BCUT2D eigenvalue weighted by Gasteiger charge is -2.73. The molecule has 5 saturated carbocycles. The molecule has 2 aromatic carbocycles. The molecule has 0 amide bonds. The van der Waals surface area contributed by atoms with Gasteiger partial charge in [0, 0.05) is 5.41 Å². The minimum atomic E-state index is -0.340. The lowest BCUT2D eigenvalue weighted by Crippen LogP contribution is -2.67. The molecule has 0 radical (unpaired) electrons. The van der Waals surface area contributed by atoms with Crippen molar-refractivity contribution in [1.82, 2.24) is 0 Å². The van der Waals surface area contributed by atoms with Crippen molar-refractivity contribution < 1.29 is 9.53 Å². The molecule has 1 saturated heterocycles. The zero-order valence-electron chi connectivity index (χ0n) is 32.8. The van der Waals surface area contributed by atoms with Crippen LogP contribution in [0.2, 0.25) is 0 Å². The molecule has 2 nitrogen and oxygen atoms in total. The number of allylic oxidation sites excluding steroid dienone is 1. The van der Waals surface area contributed by atoms with Crippen LogP contribution in [0.5, 0.6) is 0 Å². The molecule has 9 atom stereocenters. The standard InChI is InChI=1S/C48H66O2/c1-9-10-11-12-32-13-17-34(18-14-32)35-19-15-33(16-20-35)29-36-30-45(6)38(44(4,5)41(36)49)23-24-47(8)39(45)22-21-37-40-42-43(2,3)25-27-48(40,31-50-42)28-26-46(37,47)7/h13-20,29,37-40,42H,9-12,21-28,30-31H2,1-8H3/b36-29+/t37?,38?,39?,40?,42-,45+,46-,47-,48-/m0/s1. The maximum absolute atomic E-state index is 14.4. The average molecular weight is 675 g/mol. The molecule has 2 aromatic rings. The van der Waals surface area contributed by atoms with E-state index in [2.05, 4.69) is 110 Å². The van der Waals surface area contributed by atoms with E-state index in [0.29, 0.717) is 40.0 Å². The summed E-state index contributed by atoms with van der Waals surface area (Å²) in [6.45, 7) is 20.9. The molecule has 6 fully saturated rings. The fraction of sp³-hybridized carbons (Fsp3) is 0.688. The second-order valence-corrected chi connectivity index (χ2v) is 20.4. The third-order valence-corrected chi connectivity index (χ3v) is 17.3. The second kappa shape index (κ2) is 11.9. The molecule has 270 valence electrons. The fourth-order valence-corrected chi connectivity index (χ4v) is 14.4.